The smallest absolute Gasteiger partial charge is 0.143 e. The number of rotatable bonds is 5. The number of hydrogen-bond acceptors (Lipinski definition) is 2. The van der Waals surface area contributed by atoms with Gasteiger partial charge in [0.05, 0.1) is 5.69 Å². The van der Waals surface area contributed by atoms with E-state index < -0.39 is 0 Å². The molecule has 11 rings (SSSR count). The molecule has 0 spiro atoms. The lowest BCUT2D eigenvalue weighted by atomic mass is 9.82. The average Bonchev–Trinajstić information content (AvgIpc) is 3.74. The van der Waals surface area contributed by atoms with Gasteiger partial charge in [-0.25, -0.2) is 0 Å². The molecule has 2 heteroatoms. The van der Waals surface area contributed by atoms with Crippen molar-refractivity contribution < 1.29 is 4.42 Å². The molecule has 0 radical (unpaired) electrons. The fraction of sp³-hybridized carbons (Fsp3) is 0.0566. The normalized spacial score (nSPS) is 13.1. The average molecular weight is 704 g/mol. The van der Waals surface area contributed by atoms with E-state index in [0.29, 0.717) is 0 Å². The number of nitrogens with zero attached hydrogens (tertiary/aromatic N) is 1. The number of hydrogen-bond donors (Lipinski definition) is 0. The first-order valence-electron chi connectivity index (χ1n) is 19.1. The van der Waals surface area contributed by atoms with E-state index in [1.807, 2.05) is 6.07 Å². The molecule has 9 aromatic carbocycles. The van der Waals surface area contributed by atoms with E-state index in [9.17, 15) is 0 Å². The maximum atomic E-state index is 6.64. The lowest BCUT2D eigenvalue weighted by Gasteiger charge is -2.29. The van der Waals surface area contributed by atoms with Crippen molar-refractivity contribution >= 4 is 60.5 Å². The van der Waals surface area contributed by atoms with Gasteiger partial charge in [-0.15, -0.1) is 0 Å². The van der Waals surface area contributed by atoms with Gasteiger partial charge in [0.2, 0.25) is 0 Å². The molecular formula is C53H37NO. The molecule has 10 aromatic rings. The molecule has 55 heavy (non-hydrogen) atoms. The van der Waals surface area contributed by atoms with Crippen LogP contribution in [0, 0.1) is 0 Å². The first-order valence-corrected chi connectivity index (χ1v) is 19.1. The van der Waals surface area contributed by atoms with Gasteiger partial charge < -0.3 is 9.32 Å². The summed E-state index contributed by atoms with van der Waals surface area (Å²) in [4.78, 5) is 2.43. The molecule has 0 saturated carbocycles. The molecule has 1 heterocycles. The van der Waals surface area contributed by atoms with Crippen LogP contribution in [-0.2, 0) is 5.41 Å². The highest BCUT2D eigenvalue weighted by molar-refractivity contribution is 6.22. The van der Waals surface area contributed by atoms with Crippen molar-refractivity contribution in [3.05, 3.63) is 199 Å². The van der Waals surface area contributed by atoms with E-state index in [1.54, 1.807) is 0 Å². The van der Waals surface area contributed by atoms with Crippen LogP contribution in [0.15, 0.2) is 192 Å². The summed E-state index contributed by atoms with van der Waals surface area (Å²) in [6.07, 6.45) is 0. The third-order valence-corrected chi connectivity index (χ3v) is 11.8. The first kappa shape index (κ1) is 31.6. The third-order valence-electron chi connectivity index (χ3n) is 11.8. The Morgan fingerprint density at radius 2 is 1.05 bits per heavy atom. The summed E-state index contributed by atoms with van der Waals surface area (Å²) in [5, 5.41) is 7.19. The first-order chi connectivity index (χ1) is 27.0. The van der Waals surface area contributed by atoms with Crippen LogP contribution in [0.4, 0.5) is 17.1 Å². The standard InChI is InChI=1S/C53H37NO/c1-53(2)47-20-10-7-18-43(47)46-33-40(29-30-48(46)53)54(49-21-11-8-16-41(49)38-24-23-34-13-3-4-14-36(34)31-38)39-27-25-35(26-28-39)45-32-37-15-5-6-17-42(37)51-44-19-9-12-22-50(44)55-52(45)51/h3-33H,1-2H3. The molecule has 1 aliphatic rings. The minimum absolute atomic E-state index is 0.0677. The Kier molecular flexibility index (Phi) is 6.93. The Morgan fingerprint density at radius 3 is 1.91 bits per heavy atom. The van der Waals surface area contributed by atoms with Crippen molar-refractivity contribution in [1.82, 2.24) is 0 Å². The van der Waals surface area contributed by atoms with Gasteiger partial charge >= 0.3 is 0 Å². The van der Waals surface area contributed by atoms with Gasteiger partial charge in [0.25, 0.3) is 0 Å². The van der Waals surface area contributed by atoms with Crippen molar-refractivity contribution in [2.24, 2.45) is 0 Å². The zero-order valence-corrected chi connectivity index (χ0v) is 30.8. The van der Waals surface area contributed by atoms with Crippen molar-refractivity contribution in [3.63, 3.8) is 0 Å². The zero-order valence-electron chi connectivity index (χ0n) is 30.8. The third kappa shape index (κ3) is 4.88. The number of benzene rings is 9. The monoisotopic (exact) mass is 703 g/mol. The number of furan rings is 1. The predicted molar refractivity (Wildman–Crippen MR) is 232 cm³/mol. The molecule has 0 unspecified atom stereocenters. The van der Waals surface area contributed by atoms with Gasteiger partial charge in [0, 0.05) is 38.7 Å². The second-order valence-electron chi connectivity index (χ2n) is 15.3. The van der Waals surface area contributed by atoms with Gasteiger partial charge in [-0.3, -0.25) is 0 Å². The Morgan fingerprint density at radius 1 is 0.418 bits per heavy atom. The molecule has 0 aliphatic heterocycles. The van der Waals surface area contributed by atoms with Crippen molar-refractivity contribution in [1.29, 1.82) is 0 Å². The Hall–Kier alpha value is -6.90. The summed E-state index contributed by atoms with van der Waals surface area (Å²) in [6, 6.07) is 68.5. The second-order valence-corrected chi connectivity index (χ2v) is 15.3. The molecule has 0 atom stereocenters. The molecule has 1 aliphatic carbocycles. The van der Waals surface area contributed by atoms with E-state index in [0.717, 1.165) is 44.7 Å². The molecule has 0 amide bonds. The highest BCUT2D eigenvalue weighted by Crippen LogP contribution is 2.51. The molecule has 1 aromatic heterocycles. The van der Waals surface area contributed by atoms with Crippen LogP contribution in [0.5, 0.6) is 0 Å². The maximum absolute atomic E-state index is 6.64. The quantitative estimate of drug-likeness (QED) is 0.177. The zero-order chi connectivity index (χ0) is 36.7. The van der Waals surface area contributed by atoms with Crippen LogP contribution in [-0.4, -0.2) is 0 Å². The Bertz CT molecular complexity index is 3130. The number of anilines is 3. The van der Waals surface area contributed by atoms with E-state index in [2.05, 4.69) is 201 Å². The Labute approximate surface area is 320 Å². The topological polar surface area (TPSA) is 16.4 Å². The van der Waals surface area contributed by atoms with Crippen LogP contribution in [0.2, 0.25) is 0 Å². The maximum Gasteiger partial charge on any atom is 0.143 e. The minimum atomic E-state index is -0.0677. The van der Waals surface area contributed by atoms with Crippen molar-refractivity contribution in [2.75, 3.05) is 4.90 Å². The van der Waals surface area contributed by atoms with Crippen LogP contribution < -0.4 is 4.90 Å². The van der Waals surface area contributed by atoms with Crippen LogP contribution >= 0.6 is 0 Å². The summed E-state index contributed by atoms with van der Waals surface area (Å²) in [5.41, 5.74) is 15.0. The molecular weight excluding hydrogens is 667 g/mol. The van der Waals surface area contributed by atoms with Gasteiger partial charge in [-0.05, 0) is 103 Å². The van der Waals surface area contributed by atoms with Gasteiger partial charge in [0.1, 0.15) is 11.2 Å². The van der Waals surface area contributed by atoms with Gasteiger partial charge in [-0.2, -0.15) is 0 Å². The summed E-state index contributed by atoms with van der Waals surface area (Å²) in [5.74, 6) is 0. The molecule has 0 bridgehead atoms. The van der Waals surface area contributed by atoms with E-state index in [-0.39, 0.29) is 5.41 Å². The van der Waals surface area contributed by atoms with E-state index >= 15 is 0 Å². The van der Waals surface area contributed by atoms with Crippen molar-refractivity contribution in [2.45, 2.75) is 19.3 Å². The predicted octanol–water partition coefficient (Wildman–Crippen LogP) is 15.0. The highest BCUT2D eigenvalue weighted by atomic mass is 16.3. The van der Waals surface area contributed by atoms with Crippen LogP contribution in [0.3, 0.4) is 0 Å². The van der Waals surface area contributed by atoms with Gasteiger partial charge in [-0.1, -0.05) is 153 Å². The fourth-order valence-electron chi connectivity index (χ4n) is 9.12. The number of para-hydroxylation sites is 2. The Balaban J connectivity index is 1.11. The van der Waals surface area contributed by atoms with E-state index in [1.165, 1.54) is 60.3 Å². The SMILES string of the molecule is CC1(C)c2ccccc2-c2cc(N(c3ccc(-c4cc5ccccc5c5c4oc4ccccc45)cc3)c3ccccc3-c3ccc4ccccc4c3)ccc21. The largest absolute Gasteiger partial charge is 0.455 e. The molecule has 2 nitrogen and oxygen atoms in total. The molecule has 260 valence electrons. The minimum Gasteiger partial charge on any atom is -0.455 e. The molecule has 0 N–H and O–H groups in total. The van der Waals surface area contributed by atoms with Crippen molar-refractivity contribution in [3.8, 4) is 33.4 Å². The van der Waals surface area contributed by atoms with Crippen LogP contribution in [0.25, 0.3) is 76.9 Å². The van der Waals surface area contributed by atoms with Gasteiger partial charge in [0.15, 0.2) is 0 Å². The van der Waals surface area contributed by atoms with E-state index in [4.69, 9.17) is 4.42 Å². The lowest BCUT2D eigenvalue weighted by Crippen LogP contribution is -2.15. The molecule has 0 fully saturated rings. The second kappa shape index (κ2) is 12.1. The lowest BCUT2D eigenvalue weighted by molar-refractivity contribution is 0.660. The number of fused-ring (bicyclic) bond motifs is 9. The summed E-state index contributed by atoms with van der Waals surface area (Å²) >= 11 is 0. The summed E-state index contributed by atoms with van der Waals surface area (Å²) in [7, 11) is 0. The highest BCUT2D eigenvalue weighted by Gasteiger charge is 2.35. The summed E-state index contributed by atoms with van der Waals surface area (Å²) < 4.78 is 6.64. The molecule has 0 saturated heterocycles. The van der Waals surface area contributed by atoms with Crippen LogP contribution in [0.1, 0.15) is 25.0 Å². The fourth-order valence-corrected chi connectivity index (χ4v) is 9.12. The summed E-state index contributed by atoms with van der Waals surface area (Å²) in [6.45, 7) is 4.68.